The van der Waals surface area contributed by atoms with E-state index in [9.17, 15) is 23.5 Å². The lowest BCUT2D eigenvalue weighted by Crippen LogP contribution is -2.30. The van der Waals surface area contributed by atoms with Crippen molar-refractivity contribution in [3.63, 3.8) is 0 Å². The molecule has 0 spiro atoms. The van der Waals surface area contributed by atoms with E-state index in [1.165, 1.54) is 6.07 Å². The van der Waals surface area contributed by atoms with Crippen molar-refractivity contribution in [3.05, 3.63) is 101 Å². The SMILES string of the molecule is CCCCCOc1ccc(/C(O)=C2\C(=O)C(=O)N(c3ccc(F)c(F)c3)C2c2ccccc2C)cc1. The molecule has 7 heteroatoms. The third-order valence-corrected chi connectivity index (χ3v) is 6.25. The molecule has 1 heterocycles. The first-order chi connectivity index (χ1) is 17.3. The fraction of sp³-hybridized carbons (Fsp3) is 0.241. The summed E-state index contributed by atoms with van der Waals surface area (Å²) in [6, 6.07) is 15.7. The van der Waals surface area contributed by atoms with Crippen LogP contribution >= 0.6 is 0 Å². The fourth-order valence-electron chi connectivity index (χ4n) is 4.33. The van der Waals surface area contributed by atoms with Gasteiger partial charge in [-0.25, -0.2) is 8.78 Å². The first kappa shape index (κ1) is 25.1. The van der Waals surface area contributed by atoms with E-state index in [1.54, 1.807) is 36.4 Å². The molecule has 0 radical (unpaired) electrons. The average molecular weight is 492 g/mol. The smallest absolute Gasteiger partial charge is 0.300 e. The molecule has 0 aliphatic carbocycles. The van der Waals surface area contributed by atoms with Gasteiger partial charge < -0.3 is 9.84 Å². The van der Waals surface area contributed by atoms with Gasteiger partial charge in [-0.15, -0.1) is 0 Å². The Kier molecular flexibility index (Phi) is 7.48. The van der Waals surface area contributed by atoms with Crippen molar-refractivity contribution < 1.29 is 28.2 Å². The third kappa shape index (κ3) is 4.87. The van der Waals surface area contributed by atoms with E-state index in [1.807, 2.05) is 19.1 Å². The second-order valence-electron chi connectivity index (χ2n) is 8.70. The zero-order chi connectivity index (χ0) is 25.8. The van der Waals surface area contributed by atoms with Gasteiger partial charge >= 0.3 is 0 Å². The lowest BCUT2D eigenvalue weighted by molar-refractivity contribution is -0.132. The van der Waals surface area contributed by atoms with Crippen LogP contribution in [0.3, 0.4) is 0 Å². The molecule has 1 N–H and O–H groups in total. The Balaban J connectivity index is 1.78. The highest BCUT2D eigenvalue weighted by atomic mass is 19.2. The Morgan fingerprint density at radius 3 is 2.36 bits per heavy atom. The van der Waals surface area contributed by atoms with Crippen molar-refractivity contribution in [2.24, 2.45) is 0 Å². The Morgan fingerprint density at radius 1 is 0.972 bits per heavy atom. The Labute approximate surface area is 208 Å². The number of aliphatic hydroxyl groups excluding tert-OH is 1. The largest absolute Gasteiger partial charge is 0.507 e. The number of anilines is 1. The minimum atomic E-state index is -1.15. The minimum Gasteiger partial charge on any atom is -0.507 e. The van der Waals surface area contributed by atoms with Gasteiger partial charge in [0.05, 0.1) is 18.2 Å². The number of halogens is 2. The van der Waals surface area contributed by atoms with E-state index < -0.39 is 29.4 Å². The third-order valence-electron chi connectivity index (χ3n) is 6.25. The van der Waals surface area contributed by atoms with Crippen LogP contribution in [0.25, 0.3) is 5.76 Å². The summed E-state index contributed by atoms with van der Waals surface area (Å²) in [4.78, 5) is 27.5. The molecule has 1 atom stereocenters. The van der Waals surface area contributed by atoms with Crippen LogP contribution in [0, 0.1) is 18.6 Å². The van der Waals surface area contributed by atoms with Crippen molar-refractivity contribution in [2.45, 2.75) is 39.2 Å². The molecule has 1 unspecified atom stereocenters. The number of benzene rings is 3. The summed E-state index contributed by atoms with van der Waals surface area (Å²) < 4.78 is 33.4. The number of Topliss-reactive ketones (excluding diaryl/α,β-unsaturated/α-hetero) is 1. The van der Waals surface area contributed by atoms with E-state index in [-0.39, 0.29) is 17.0 Å². The molecular formula is C29H27F2NO4. The molecule has 0 saturated carbocycles. The summed E-state index contributed by atoms with van der Waals surface area (Å²) in [5.74, 6) is -3.80. The van der Waals surface area contributed by atoms with Crippen molar-refractivity contribution in [1.82, 2.24) is 0 Å². The van der Waals surface area contributed by atoms with Crippen molar-refractivity contribution in [2.75, 3.05) is 11.5 Å². The van der Waals surface area contributed by atoms with Gasteiger partial charge in [0.2, 0.25) is 0 Å². The van der Waals surface area contributed by atoms with Gasteiger partial charge in [0.25, 0.3) is 11.7 Å². The van der Waals surface area contributed by atoms with E-state index >= 15 is 0 Å². The summed E-state index contributed by atoms with van der Waals surface area (Å²) in [7, 11) is 0. The molecule has 0 aromatic heterocycles. The summed E-state index contributed by atoms with van der Waals surface area (Å²) in [5.41, 5.74) is 1.56. The number of hydrogen-bond acceptors (Lipinski definition) is 4. The first-order valence-electron chi connectivity index (χ1n) is 11.9. The van der Waals surface area contributed by atoms with Crippen LogP contribution in [-0.2, 0) is 9.59 Å². The Morgan fingerprint density at radius 2 is 1.69 bits per heavy atom. The predicted octanol–water partition coefficient (Wildman–Crippen LogP) is 6.47. The number of unbranched alkanes of at least 4 members (excludes halogenated alkanes) is 2. The highest BCUT2D eigenvalue weighted by molar-refractivity contribution is 6.51. The maximum atomic E-state index is 14.1. The maximum absolute atomic E-state index is 14.1. The number of nitrogens with zero attached hydrogens (tertiary/aromatic N) is 1. The summed E-state index contributed by atoms with van der Waals surface area (Å²) in [6.07, 6.45) is 3.08. The van der Waals surface area contributed by atoms with Crippen LogP contribution in [0.1, 0.15) is 48.9 Å². The van der Waals surface area contributed by atoms with Gasteiger partial charge in [0, 0.05) is 17.3 Å². The molecule has 5 nitrogen and oxygen atoms in total. The number of ether oxygens (including phenoxy) is 1. The molecule has 1 aliphatic heterocycles. The van der Waals surface area contributed by atoms with Gasteiger partial charge in [0.15, 0.2) is 11.6 Å². The second kappa shape index (κ2) is 10.7. The molecule has 1 fully saturated rings. The van der Waals surface area contributed by atoms with Crippen molar-refractivity contribution in [3.8, 4) is 5.75 Å². The lowest BCUT2D eigenvalue weighted by Gasteiger charge is -2.26. The monoisotopic (exact) mass is 491 g/mol. The topological polar surface area (TPSA) is 66.8 Å². The molecule has 0 bridgehead atoms. The minimum absolute atomic E-state index is 0.0131. The summed E-state index contributed by atoms with van der Waals surface area (Å²) in [6.45, 7) is 4.50. The van der Waals surface area contributed by atoms with Crippen LogP contribution in [0.5, 0.6) is 5.75 Å². The van der Waals surface area contributed by atoms with Gasteiger partial charge in [-0.05, 0) is 60.9 Å². The molecule has 3 aromatic rings. The normalized spacial score (nSPS) is 17.0. The Hall–Kier alpha value is -4.00. The number of rotatable bonds is 8. The number of aryl methyl sites for hydroxylation is 1. The highest BCUT2D eigenvalue weighted by Gasteiger charge is 2.47. The zero-order valence-corrected chi connectivity index (χ0v) is 20.1. The fourth-order valence-corrected chi connectivity index (χ4v) is 4.33. The molecule has 36 heavy (non-hydrogen) atoms. The van der Waals surface area contributed by atoms with Crippen molar-refractivity contribution in [1.29, 1.82) is 0 Å². The first-order valence-corrected chi connectivity index (χ1v) is 11.9. The number of hydrogen-bond donors (Lipinski definition) is 1. The quantitative estimate of drug-likeness (QED) is 0.170. The van der Waals surface area contributed by atoms with Crippen LogP contribution in [0.2, 0.25) is 0 Å². The van der Waals surface area contributed by atoms with Gasteiger partial charge in [-0.2, -0.15) is 0 Å². The summed E-state index contributed by atoms with van der Waals surface area (Å²) in [5, 5.41) is 11.2. The van der Waals surface area contributed by atoms with Gasteiger partial charge in [0.1, 0.15) is 11.5 Å². The van der Waals surface area contributed by atoms with Crippen LogP contribution in [-0.4, -0.2) is 23.4 Å². The van der Waals surface area contributed by atoms with Crippen LogP contribution in [0.15, 0.2) is 72.3 Å². The zero-order valence-electron chi connectivity index (χ0n) is 20.1. The second-order valence-corrected chi connectivity index (χ2v) is 8.70. The van der Waals surface area contributed by atoms with Gasteiger partial charge in [-0.1, -0.05) is 44.0 Å². The molecule has 1 saturated heterocycles. The molecule has 1 aliphatic rings. The van der Waals surface area contributed by atoms with Crippen molar-refractivity contribution >= 4 is 23.1 Å². The van der Waals surface area contributed by atoms with Crippen LogP contribution in [0.4, 0.5) is 14.5 Å². The van der Waals surface area contributed by atoms with E-state index in [0.29, 0.717) is 23.5 Å². The van der Waals surface area contributed by atoms with E-state index in [4.69, 9.17) is 4.74 Å². The molecule has 3 aromatic carbocycles. The number of aliphatic hydroxyl groups is 1. The summed E-state index contributed by atoms with van der Waals surface area (Å²) >= 11 is 0. The van der Waals surface area contributed by atoms with Crippen LogP contribution < -0.4 is 9.64 Å². The average Bonchev–Trinajstić information content (AvgIpc) is 3.14. The van der Waals surface area contributed by atoms with Gasteiger partial charge in [-0.3, -0.25) is 14.5 Å². The highest BCUT2D eigenvalue weighted by Crippen LogP contribution is 2.43. The lowest BCUT2D eigenvalue weighted by atomic mass is 9.92. The van der Waals surface area contributed by atoms with E-state index in [2.05, 4.69) is 6.92 Å². The Bertz CT molecular complexity index is 1320. The number of carbonyl (C=O) groups excluding carboxylic acids is 2. The molecule has 186 valence electrons. The number of ketones is 1. The predicted molar refractivity (Wildman–Crippen MR) is 134 cm³/mol. The molecule has 4 rings (SSSR count). The molecular weight excluding hydrogens is 464 g/mol. The number of amides is 1. The maximum Gasteiger partial charge on any atom is 0.300 e. The standard InChI is InChI=1S/C29H27F2NO4/c1-3-4-7-16-36-21-13-10-19(11-14-21)27(33)25-26(22-9-6-5-8-18(22)2)32(29(35)28(25)34)20-12-15-23(30)24(31)17-20/h5-6,8-15,17,26,33H,3-4,7,16H2,1-2H3/b27-25+. The molecule has 1 amide bonds. The number of carbonyl (C=O) groups is 2. The van der Waals surface area contributed by atoms with E-state index in [0.717, 1.165) is 41.9 Å².